The van der Waals surface area contributed by atoms with Crippen molar-refractivity contribution in [2.24, 2.45) is 5.92 Å². The van der Waals surface area contributed by atoms with Crippen LogP contribution < -0.4 is 4.18 Å². The molecule has 6 atom stereocenters. The Balaban J connectivity index is 1.35. The summed E-state index contributed by atoms with van der Waals surface area (Å²) in [5.74, 6) is -0.571. The lowest BCUT2D eigenvalue weighted by molar-refractivity contribution is -0.173. The van der Waals surface area contributed by atoms with Crippen LogP contribution in [-0.2, 0) is 26.7 Å². The first kappa shape index (κ1) is 28.2. The molecule has 0 radical (unpaired) electrons. The molecule has 2 saturated heterocycles. The molecule has 0 aromatic heterocycles. The van der Waals surface area contributed by atoms with Crippen LogP contribution in [0, 0.1) is 5.92 Å². The van der Waals surface area contributed by atoms with Gasteiger partial charge in [0, 0.05) is 42.1 Å². The molecule has 7 rings (SSSR count). The van der Waals surface area contributed by atoms with Crippen molar-refractivity contribution in [1.82, 2.24) is 9.80 Å². The first-order valence-corrected chi connectivity index (χ1v) is 16.2. The zero-order valence-electron chi connectivity index (χ0n) is 23.6. The zero-order valence-corrected chi connectivity index (χ0v) is 24.5. The van der Waals surface area contributed by atoms with Gasteiger partial charge in [0.2, 0.25) is 0 Å². The van der Waals surface area contributed by atoms with Crippen molar-refractivity contribution in [1.29, 1.82) is 0 Å². The second kappa shape index (κ2) is 9.43. The maximum absolute atomic E-state index is 13.7. The lowest BCUT2D eigenvalue weighted by Crippen LogP contribution is -2.75. The molecule has 2 aliphatic heterocycles. The van der Waals surface area contributed by atoms with Crippen LogP contribution in [-0.4, -0.2) is 73.1 Å². The summed E-state index contributed by atoms with van der Waals surface area (Å²) in [6.45, 7) is 2.87. The van der Waals surface area contributed by atoms with Crippen LogP contribution >= 0.6 is 0 Å². The second-order valence-electron chi connectivity index (χ2n) is 12.7. The van der Waals surface area contributed by atoms with Crippen molar-refractivity contribution in [2.75, 3.05) is 13.6 Å². The Morgan fingerprint density at radius 3 is 2.50 bits per heavy atom. The minimum Gasteiger partial charge on any atom is -0.376 e. The average Bonchev–Trinajstić information content (AvgIpc) is 3.09. The molecule has 5 aliphatic rings. The molecule has 2 saturated carbocycles. The molecule has 2 aromatic carbocycles. The van der Waals surface area contributed by atoms with Gasteiger partial charge in [0.05, 0.1) is 11.7 Å². The molecule has 0 spiro atoms. The summed E-state index contributed by atoms with van der Waals surface area (Å²) in [7, 11) is -4.00. The number of carbonyl (C=O) groups is 1. The number of ether oxygens (including phenoxy) is 1. The molecular weight excluding hydrogens is 569 g/mol. The van der Waals surface area contributed by atoms with Gasteiger partial charge < -0.3 is 13.8 Å². The van der Waals surface area contributed by atoms with Crippen molar-refractivity contribution in [3.63, 3.8) is 0 Å². The number of carbonyl (C=O) groups excluding carboxylic acids is 1. The third-order valence-corrected chi connectivity index (χ3v) is 12.0. The normalized spacial score (nSPS) is 34.2. The van der Waals surface area contributed by atoms with Crippen LogP contribution in [0.1, 0.15) is 66.9 Å². The maximum atomic E-state index is 13.7. The van der Waals surface area contributed by atoms with E-state index in [2.05, 4.69) is 16.0 Å². The highest BCUT2D eigenvalue weighted by molar-refractivity contribution is 7.88. The molecule has 2 aromatic rings. The largest absolute Gasteiger partial charge is 0.534 e. The molecule has 42 heavy (non-hydrogen) atoms. The molecule has 226 valence electrons. The fourth-order valence-corrected chi connectivity index (χ4v) is 9.69. The molecule has 0 N–H and O–H groups in total. The number of likely N-dealkylation sites (tertiary alicyclic amines) is 1. The maximum Gasteiger partial charge on any atom is 0.534 e. The highest BCUT2D eigenvalue weighted by Crippen LogP contribution is 2.68. The van der Waals surface area contributed by atoms with Gasteiger partial charge in [0.1, 0.15) is 5.75 Å². The molecular formula is C31H35F3N2O5S. The van der Waals surface area contributed by atoms with Crippen LogP contribution in [0.15, 0.2) is 48.5 Å². The molecule has 4 fully saturated rings. The minimum absolute atomic E-state index is 0.0866. The Kier molecular flexibility index (Phi) is 6.32. The van der Waals surface area contributed by atoms with Gasteiger partial charge in [-0.05, 0) is 87.4 Å². The van der Waals surface area contributed by atoms with Crippen LogP contribution in [0.3, 0.4) is 0 Å². The first-order valence-electron chi connectivity index (χ1n) is 14.8. The third-order valence-electron chi connectivity index (χ3n) is 11.0. The van der Waals surface area contributed by atoms with E-state index in [4.69, 9.17) is 4.74 Å². The minimum atomic E-state index is -5.83. The van der Waals surface area contributed by atoms with Crippen LogP contribution in [0.4, 0.5) is 13.2 Å². The summed E-state index contributed by atoms with van der Waals surface area (Å²) >= 11 is 0. The highest BCUT2D eigenvalue weighted by Gasteiger charge is 2.75. The predicted molar refractivity (Wildman–Crippen MR) is 149 cm³/mol. The number of fused-ring (bicyclic) bond motifs is 1. The average molecular weight is 605 g/mol. The second-order valence-corrected chi connectivity index (χ2v) is 14.2. The summed E-state index contributed by atoms with van der Waals surface area (Å²) in [5.41, 5.74) is -4.35. The Morgan fingerprint density at radius 1 is 1.10 bits per heavy atom. The van der Waals surface area contributed by atoms with E-state index in [0.717, 1.165) is 36.9 Å². The topological polar surface area (TPSA) is 76.2 Å². The van der Waals surface area contributed by atoms with Crippen LogP contribution in [0.25, 0.3) is 0 Å². The lowest BCUT2D eigenvalue weighted by Gasteiger charge is -2.66. The van der Waals surface area contributed by atoms with E-state index < -0.39 is 26.6 Å². The molecule has 11 heteroatoms. The van der Waals surface area contributed by atoms with E-state index in [1.165, 1.54) is 18.6 Å². The Morgan fingerprint density at radius 2 is 1.83 bits per heavy atom. The van der Waals surface area contributed by atoms with Gasteiger partial charge in [-0.15, -0.1) is 0 Å². The Labute approximate surface area is 244 Å². The van der Waals surface area contributed by atoms with E-state index >= 15 is 0 Å². The Bertz CT molecular complexity index is 1510. The summed E-state index contributed by atoms with van der Waals surface area (Å²) in [4.78, 5) is 18.1. The quantitative estimate of drug-likeness (QED) is 0.352. The molecule has 1 amide bonds. The van der Waals surface area contributed by atoms with Gasteiger partial charge in [-0.3, -0.25) is 9.69 Å². The van der Waals surface area contributed by atoms with Gasteiger partial charge in [-0.25, -0.2) is 0 Å². The van der Waals surface area contributed by atoms with E-state index in [-0.39, 0.29) is 35.8 Å². The van der Waals surface area contributed by atoms with E-state index in [1.807, 2.05) is 30.1 Å². The van der Waals surface area contributed by atoms with Gasteiger partial charge in [-0.2, -0.15) is 21.6 Å². The zero-order chi connectivity index (χ0) is 29.7. The number of piperidine rings is 1. The summed E-state index contributed by atoms with van der Waals surface area (Å²) in [6, 6.07) is 14.1. The van der Waals surface area contributed by atoms with Gasteiger partial charge >= 0.3 is 15.6 Å². The number of hydrogen-bond donors (Lipinski definition) is 0. The predicted octanol–water partition coefficient (Wildman–Crippen LogP) is 5.04. The first-order chi connectivity index (χ1) is 19.9. The third kappa shape index (κ3) is 3.78. The van der Waals surface area contributed by atoms with Crippen molar-refractivity contribution in [2.45, 2.75) is 92.6 Å². The van der Waals surface area contributed by atoms with Gasteiger partial charge in [0.25, 0.3) is 5.91 Å². The standard InChI is InChI=1S/C31H35F3N2O5S/c1-19-27-25(35(2)28(37)20-7-4-3-5-8-20)13-14-30(40-19)26-17-21-11-12-23(41-42(38,39)31(32,33)34)18-24(21)29(27,30)15-16-36(26)22-9-6-10-22/h3-5,7-8,11-12,18-19,22,25-27H,6,9-10,13-17H2,1-2H3/t19-,25?,26?,27?,29?,30?/m1/s1. The molecule has 3 aliphatic carbocycles. The van der Waals surface area contributed by atoms with Crippen LogP contribution in [0.5, 0.6) is 5.75 Å². The number of amides is 1. The lowest BCUT2D eigenvalue weighted by atomic mass is 9.45. The van der Waals surface area contributed by atoms with Crippen molar-refractivity contribution in [3.8, 4) is 5.75 Å². The van der Waals surface area contributed by atoms with Crippen molar-refractivity contribution in [3.05, 3.63) is 65.2 Å². The number of alkyl halides is 3. The van der Waals surface area contributed by atoms with E-state index in [0.29, 0.717) is 30.9 Å². The SMILES string of the molecule is C[C@H]1OC23CCC(N(C)C(=O)c4ccccc4)C1C21CCN(C2CCC2)C3Cc2ccc(OS(=O)(=O)C(F)(F)F)cc21. The fourth-order valence-electron chi connectivity index (χ4n) is 9.24. The number of benzene rings is 2. The van der Waals surface area contributed by atoms with Crippen molar-refractivity contribution < 1.29 is 35.3 Å². The van der Waals surface area contributed by atoms with E-state index in [9.17, 15) is 26.4 Å². The molecule has 7 nitrogen and oxygen atoms in total. The molecule has 4 bridgehead atoms. The van der Waals surface area contributed by atoms with Crippen LogP contribution in [0.2, 0.25) is 0 Å². The molecule has 2 heterocycles. The summed E-state index contributed by atoms with van der Waals surface area (Å²) < 4.78 is 75.4. The number of rotatable bonds is 5. The van der Waals surface area contributed by atoms with Gasteiger partial charge in [-0.1, -0.05) is 30.7 Å². The van der Waals surface area contributed by atoms with E-state index in [1.54, 1.807) is 18.2 Å². The summed E-state index contributed by atoms with van der Waals surface area (Å²) in [6.07, 6.45) is 6.09. The monoisotopic (exact) mass is 604 g/mol. The molecule has 5 unspecified atom stereocenters. The number of halogens is 3. The number of hydrogen-bond acceptors (Lipinski definition) is 6. The smallest absolute Gasteiger partial charge is 0.376 e. The summed E-state index contributed by atoms with van der Waals surface area (Å²) in [5, 5.41) is 0. The number of nitrogens with zero attached hydrogens (tertiary/aromatic N) is 2. The Hall–Kier alpha value is -2.63. The van der Waals surface area contributed by atoms with Crippen molar-refractivity contribution >= 4 is 16.0 Å². The van der Waals surface area contributed by atoms with Gasteiger partial charge in [0.15, 0.2) is 0 Å². The highest BCUT2D eigenvalue weighted by atomic mass is 32.2. The fraction of sp³-hybridized carbons (Fsp3) is 0.581.